The summed E-state index contributed by atoms with van der Waals surface area (Å²) in [5.41, 5.74) is -1.36. The van der Waals surface area contributed by atoms with Crippen molar-refractivity contribution in [2.75, 3.05) is 26.2 Å². The summed E-state index contributed by atoms with van der Waals surface area (Å²) < 4.78 is 70.4. The molecule has 4 heterocycles. The van der Waals surface area contributed by atoms with Crippen molar-refractivity contribution in [3.05, 3.63) is 234 Å². The molecule has 7 aromatic rings. The maximum absolute atomic E-state index is 15.3. The fourth-order valence-electron chi connectivity index (χ4n) is 11.2. The van der Waals surface area contributed by atoms with E-state index in [-0.39, 0.29) is 37.0 Å². The molecule has 438 valence electrons. The maximum atomic E-state index is 15.3. The van der Waals surface area contributed by atoms with Crippen LogP contribution in [-0.2, 0) is 37.9 Å². The first-order chi connectivity index (χ1) is 39.8. The van der Waals surface area contributed by atoms with Crippen LogP contribution in [0.15, 0.2) is 183 Å². The Morgan fingerprint density at radius 3 is 1.64 bits per heavy atom. The topological polar surface area (TPSA) is 221 Å². The van der Waals surface area contributed by atoms with Gasteiger partial charge in [0.05, 0.1) is 26.9 Å². The van der Waals surface area contributed by atoms with Crippen molar-refractivity contribution in [1.82, 2.24) is 19.1 Å². The van der Waals surface area contributed by atoms with Gasteiger partial charge in [0.25, 0.3) is 19.4 Å². The minimum Gasteiger partial charge on any atom is -0.497 e. The molecule has 21 heteroatoms. The number of nitrogens with zero attached hydrogens (tertiary/aromatic N) is 2. The van der Waals surface area contributed by atoms with Crippen LogP contribution in [0.3, 0.4) is 0 Å². The molecule has 0 aliphatic carbocycles. The van der Waals surface area contributed by atoms with Crippen molar-refractivity contribution in [3.8, 4) is 11.5 Å². The highest BCUT2D eigenvalue weighted by Crippen LogP contribution is 2.53. The predicted octanol–water partition coefficient (Wildman–Crippen LogP) is 8.85. The maximum Gasteiger partial charge on any atom is 0.472 e. The zero-order valence-corrected chi connectivity index (χ0v) is 50.8. The minimum absolute atomic E-state index is 0.0180. The molecule has 2 fully saturated rings. The van der Waals surface area contributed by atoms with E-state index in [2.05, 4.69) is 46.7 Å². The third-order valence-corrected chi connectivity index (χ3v) is 21.9. The van der Waals surface area contributed by atoms with E-state index in [1.807, 2.05) is 152 Å². The van der Waals surface area contributed by atoms with E-state index in [1.54, 1.807) is 28.1 Å². The van der Waals surface area contributed by atoms with E-state index in [0.29, 0.717) is 34.4 Å². The lowest BCUT2D eigenvalue weighted by Crippen LogP contribution is -2.68. The highest BCUT2D eigenvalue weighted by Gasteiger charge is 2.56. The number of methoxy groups -OCH3 is 2. The van der Waals surface area contributed by atoms with Gasteiger partial charge in [-0.1, -0.05) is 164 Å². The third-order valence-electron chi connectivity index (χ3n) is 15.3. The molecule has 18 nitrogen and oxygen atoms in total. The smallest absolute Gasteiger partial charge is 0.472 e. The van der Waals surface area contributed by atoms with Crippen LogP contribution in [-0.4, -0.2) is 89.0 Å². The van der Waals surface area contributed by atoms with Crippen LogP contribution < -0.4 is 42.3 Å². The van der Waals surface area contributed by atoms with Gasteiger partial charge < -0.3 is 33.0 Å². The Kier molecular flexibility index (Phi) is 19.2. The molecule has 2 aromatic heterocycles. The van der Waals surface area contributed by atoms with Crippen LogP contribution >= 0.6 is 23.8 Å². The summed E-state index contributed by atoms with van der Waals surface area (Å²) in [5, 5.41) is 2.02. The van der Waals surface area contributed by atoms with Crippen LogP contribution in [0.25, 0.3) is 0 Å². The Morgan fingerprint density at radius 1 is 0.687 bits per heavy atom. The van der Waals surface area contributed by atoms with Crippen LogP contribution in [0.2, 0.25) is 5.04 Å². The molecule has 83 heavy (non-hydrogen) atoms. The van der Waals surface area contributed by atoms with Crippen molar-refractivity contribution < 1.29 is 46.6 Å². The number of nitrogens with one attached hydrogen (secondary N) is 2. The molecular formula is C62H70BrN4O14PSi. The standard InChI is InChI=1S/C62H70BrN4O14PSi/c1-41-38-66(59(70)64-57(41)68)54-36-51(53(77-54)40-76-62(43-20-12-8-13-21-43,44-27-31-46(74-6)32-28-44)45-29-33-47(75-7)34-30-45)80-82(72,73)79-50(26-18-11-19-35-63)56-52(37-55(78-56)67-39-42(2)58(69)65-60(67)71)81-83(61(3,4)5,48-22-14-9-15-23-48)49-24-16-10-17-25-49/h8-18,20-25,27-34,38-39,50-56H,19,26,35-37,40H2,1-7H3,(H,72,73)(H,64,68,70)(H,65,69,71)/b18-11+/t50-,51-,52-,53+,54+,55+,56+/m0/s1. The van der Waals surface area contributed by atoms with Gasteiger partial charge in [0.1, 0.15) is 54.0 Å². The average Bonchev–Trinajstić information content (AvgIpc) is 3.76. The summed E-state index contributed by atoms with van der Waals surface area (Å²) in [6.07, 6.45) is -0.900. The van der Waals surface area contributed by atoms with E-state index in [9.17, 15) is 24.1 Å². The van der Waals surface area contributed by atoms with Crippen molar-refractivity contribution in [2.24, 2.45) is 0 Å². The lowest BCUT2D eigenvalue weighted by atomic mass is 9.80. The molecule has 2 saturated heterocycles. The number of hydrogen-bond donors (Lipinski definition) is 3. The highest BCUT2D eigenvalue weighted by atomic mass is 79.9. The first-order valence-electron chi connectivity index (χ1n) is 27.4. The molecule has 0 radical (unpaired) electrons. The van der Waals surface area contributed by atoms with Gasteiger partial charge in [-0.25, -0.2) is 14.2 Å². The number of ether oxygens (including phenoxy) is 5. The summed E-state index contributed by atoms with van der Waals surface area (Å²) in [7, 11) is -5.55. The van der Waals surface area contributed by atoms with E-state index in [0.717, 1.165) is 15.9 Å². The Balaban J connectivity index is 1.13. The minimum atomic E-state index is -5.28. The molecule has 0 saturated carbocycles. The normalized spacial score (nSPS) is 20.5. The van der Waals surface area contributed by atoms with Crippen LogP contribution in [0.4, 0.5) is 0 Å². The molecule has 2 aliphatic heterocycles. The lowest BCUT2D eigenvalue weighted by Gasteiger charge is -2.45. The van der Waals surface area contributed by atoms with Gasteiger partial charge in [-0.15, -0.1) is 0 Å². The summed E-state index contributed by atoms with van der Waals surface area (Å²) in [6, 6.07) is 44.3. The second kappa shape index (κ2) is 26.2. The van der Waals surface area contributed by atoms with E-state index < -0.39 is 92.3 Å². The number of H-pyrrole nitrogens is 2. The van der Waals surface area contributed by atoms with E-state index in [4.69, 9.17) is 37.2 Å². The number of phosphoric acid groups is 1. The lowest BCUT2D eigenvalue weighted by molar-refractivity contribution is -0.0998. The number of phosphoric ester groups is 1. The summed E-state index contributed by atoms with van der Waals surface area (Å²) >= 11 is 3.50. The molecular weight excluding hydrogens is 1160 g/mol. The van der Waals surface area contributed by atoms with E-state index >= 15 is 4.57 Å². The zero-order chi connectivity index (χ0) is 59.1. The van der Waals surface area contributed by atoms with Crippen LogP contribution in [0.1, 0.15) is 86.7 Å². The summed E-state index contributed by atoms with van der Waals surface area (Å²) in [5.74, 6) is 1.22. The summed E-state index contributed by atoms with van der Waals surface area (Å²) in [6.45, 7) is 9.22. The molecule has 0 bridgehead atoms. The van der Waals surface area contributed by atoms with Crippen LogP contribution in [0, 0.1) is 13.8 Å². The molecule has 3 N–H and O–H groups in total. The molecule has 8 atom stereocenters. The number of hydrogen-bond acceptors (Lipinski definition) is 13. The van der Waals surface area contributed by atoms with Crippen molar-refractivity contribution in [2.45, 2.75) is 114 Å². The highest BCUT2D eigenvalue weighted by molar-refractivity contribution is 9.09. The monoisotopic (exact) mass is 1230 g/mol. The number of allylic oxidation sites excluding steroid dienone is 1. The van der Waals surface area contributed by atoms with Gasteiger partial charge in [0, 0.05) is 41.7 Å². The molecule has 2 aliphatic rings. The fraction of sp³-hybridized carbons (Fsp3) is 0.355. The first-order valence-corrected chi connectivity index (χ1v) is 32.0. The van der Waals surface area contributed by atoms with Crippen LogP contribution in [0.5, 0.6) is 11.5 Å². The Morgan fingerprint density at radius 2 is 1.16 bits per heavy atom. The van der Waals surface area contributed by atoms with Crippen molar-refractivity contribution in [1.29, 1.82) is 0 Å². The quantitative estimate of drug-likeness (QED) is 0.0179. The molecule has 0 spiro atoms. The van der Waals surface area contributed by atoms with E-state index in [1.165, 1.54) is 21.5 Å². The predicted molar refractivity (Wildman–Crippen MR) is 322 cm³/mol. The van der Waals surface area contributed by atoms with Gasteiger partial charge in [-0.2, -0.15) is 0 Å². The van der Waals surface area contributed by atoms with Gasteiger partial charge in [0.2, 0.25) is 0 Å². The first kappa shape index (κ1) is 61.0. The Bertz CT molecular complexity index is 3550. The van der Waals surface area contributed by atoms with Gasteiger partial charge in [0.15, 0.2) is 0 Å². The molecule has 9 rings (SSSR count). The number of alkyl halides is 1. The number of aryl methyl sites for hydroxylation is 2. The number of aromatic amines is 2. The van der Waals surface area contributed by atoms with Crippen molar-refractivity contribution >= 4 is 42.4 Å². The zero-order valence-electron chi connectivity index (χ0n) is 47.3. The second-order valence-electron chi connectivity index (χ2n) is 21.7. The number of benzene rings is 5. The number of aromatic nitrogens is 4. The third kappa shape index (κ3) is 13.2. The number of halogens is 1. The summed E-state index contributed by atoms with van der Waals surface area (Å²) in [4.78, 5) is 69.9. The second-order valence-corrected chi connectivity index (χ2v) is 28.1. The largest absolute Gasteiger partial charge is 0.497 e. The van der Waals surface area contributed by atoms with Gasteiger partial charge in [-0.05, 0) is 83.1 Å². The molecule has 1 unspecified atom stereocenters. The Hall–Kier alpha value is -6.55. The average molecular weight is 1230 g/mol. The number of rotatable bonds is 23. The van der Waals surface area contributed by atoms with Gasteiger partial charge >= 0.3 is 19.2 Å². The van der Waals surface area contributed by atoms with Gasteiger partial charge in [-0.3, -0.25) is 37.7 Å². The van der Waals surface area contributed by atoms with Crippen molar-refractivity contribution in [3.63, 3.8) is 0 Å². The Labute approximate surface area is 490 Å². The molecule has 0 amide bonds. The fourth-order valence-corrected chi connectivity index (χ4v) is 17.4. The SMILES string of the molecule is COc1ccc(C(OC[C@H]2O[C@@H](n3cc(C)c(=O)[nH]c3=O)C[C@@H]2OP(=O)(O)O[C@@H](C/C=C/CCBr)[C@H]2O[C@@H](n3cc(C)c(=O)[nH]c3=O)C[C@@H]2O[Si](c2ccccc2)(c2ccccc2)C(C)(C)C)(c2ccccc2)c2ccc(OC)cc2)cc1. The molecule has 5 aromatic carbocycles.